The zero-order valence-electron chi connectivity index (χ0n) is 20.6. The van der Waals surface area contributed by atoms with Crippen LogP contribution in [0.2, 0.25) is 0 Å². The van der Waals surface area contributed by atoms with Gasteiger partial charge in [0.15, 0.2) is 5.13 Å². The minimum Gasteiger partial charge on any atom is -0.494 e. The first kappa shape index (κ1) is 25.6. The van der Waals surface area contributed by atoms with Crippen LogP contribution in [0.4, 0.5) is 5.13 Å². The van der Waals surface area contributed by atoms with Crippen molar-refractivity contribution in [3.05, 3.63) is 48.0 Å². The summed E-state index contributed by atoms with van der Waals surface area (Å²) in [6, 6.07) is 11.7. The van der Waals surface area contributed by atoms with Crippen molar-refractivity contribution in [2.24, 2.45) is 0 Å². The van der Waals surface area contributed by atoms with Crippen molar-refractivity contribution in [1.29, 1.82) is 0 Å². The van der Waals surface area contributed by atoms with Crippen LogP contribution in [0.5, 0.6) is 5.75 Å². The summed E-state index contributed by atoms with van der Waals surface area (Å²) in [6.45, 7) is 3.49. The second-order valence-corrected chi connectivity index (χ2v) is 11.9. The van der Waals surface area contributed by atoms with Crippen LogP contribution < -0.4 is 9.64 Å². The van der Waals surface area contributed by atoms with Gasteiger partial charge in [-0.15, -0.1) is 0 Å². The van der Waals surface area contributed by atoms with Crippen LogP contribution in [0.1, 0.15) is 24.8 Å². The first-order valence-corrected chi connectivity index (χ1v) is 14.0. The summed E-state index contributed by atoms with van der Waals surface area (Å²) in [5, 5.41) is 0.563. The Morgan fingerprint density at radius 1 is 1.17 bits per heavy atom. The average molecular weight is 517 g/mol. The molecule has 10 heteroatoms. The Morgan fingerprint density at radius 3 is 2.60 bits per heavy atom. The van der Waals surface area contributed by atoms with E-state index in [1.807, 2.05) is 39.2 Å². The number of aromatic nitrogens is 1. The van der Waals surface area contributed by atoms with E-state index in [4.69, 9.17) is 9.72 Å². The summed E-state index contributed by atoms with van der Waals surface area (Å²) < 4.78 is 34.7. The molecule has 1 amide bonds. The predicted molar refractivity (Wildman–Crippen MR) is 140 cm³/mol. The number of benzene rings is 2. The van der Waals surface area contributed by atoms with Crippen molar-refractivity contribution in [2.75, 3.05) is 45.7 Å². The molecular weight excluding hydrogens is 484 g/mol. The normalized spacial score (nSPS) is 16.8. The van der Waals surface area contributed by atoms with Gasteiger partial charge in [-0.1, -0.05) is 35.1 Å². The van der Waals surface area contributed by atoms with E-state index >= 15 is 0 Å². The van der Waals surface area contributed by atoms with E-state index in [1.54, 1.807) is 36.3 Å². The Labute approximate surface area is 211 Å². The number of thiazole rings is 1. The van der Waals surface area contributed by atoms with Gasteiger partial charge in [-0.3, -0.25) is 9.69 Å². The summed E-state index contributed by atoms with van der Waals surface area (Å²) >= 11 is 1.42. The number of fused-ring (bicyclic) bond motifs is 1. The van der Waals surface area contributed by atoms with E-state index in [0.29, 0.717) is 42.3 Å². The SMILES string of the molecule is COc1cccc2sc(N(CCCN(C)C)C(=O)C3CCCN3S(=O)(=O)c3ccc(C)cc3)nc12. The van der Waals surface area contributed by atoms with E-state index < -0.39 is 16.1 Å². The average Bonchev–Trinajstić information content (AvgIpc) is 3.49. The molecule has 1 fully saturated rings. The van der Waals surface area contributed by atoms with Crippen molar-refractivity contribution in [2.45, 2.75) is 37.1 Å². The maximum Gasteiger partial charge on any atom is 0.247 e. The first-order chi connectivity index (χ1) is 16.7. The zero-order chi connectivity index (χ0) is 25.2. The summed E-state index contributed by atoms with van der Waals surface area (Å²) in [4.78, 5) is 22.6. The topological polar surface area (TPSA) is 83.0 Å². The standard InChI is InChI=1S/C25H32N4O4S2/c1-18-11-13-19(14-12-18)35(31,32)29-17-6-8-20(29)24(30)28(16-7-15-27(2)3)25-26-23-21(33-4)9-5-10-22(23)34-25/h5,9-14,20H,6-8,15-17H2,1-4H3. The number of nitrogens with zero attached hydrogens (tertiary/aromatic N) is 4. The molecule has 35 heavy (non-hydrogen) atoms. The molecule has 4 rings (SSSR count). The van der Waals surface area contributed by atoms with Crippen LogP contribution in [0.15, 0.2) is 47.4 Å². The van der Waals surface area contributed by atoms with Gasteiger partial charge in [-0.2, -0.15) is 4.31 Å². The molecular formula is C25H32N4O4S2. The van der Waals surface area contributed by atoms with Crippen molar-refractivity contribution < 1.29 is 17.9 Å². The number of aryl methyl sites for hydroxylation is 1. The number of ether oxygens (including phenoxy) is 1. The number of para-hydroxylation sites is 1. The molecule has 2 aromatic carbocycles. The van der Waals surface area contributed by atoms with E-state index in [1.165, 1.54) is 15.6 Å². The van der Waals surface area contributed by atoms with Crippen molar-refractivity contribution in [3.63, 3.8) is 0 Å². The molecule has 1 aromatic heterocycles. The number of anilines is 1. The van der Waals surface area contributed by atoms with E-state index in [2.05, 4.69) is 4.90 Å². The molecule has 0 saturated carbocycles. The van der Waals surface area contributed by atoms with Gasteiger partial charge in [0.25, 0.3) is 0 Å². The van der Waals surface area contributed by atoms with Crippen LogP contribution in [0, 0.1) is 6.92 Å². The van der Waals surface area contributed by atoms with Crippen LogP contribution in [-0.2, 0) is 14.8 Å². The summed E-state index contributed by atoms with van der Waals surface area (Å²) in [7, 11) is 1.78. The monoisotopic (exact) mass is 516 g/mol. The largest absolute Gasteiger partial charge is 0.494 e. The van der Waals surface area contributed by atoms with E-state index in [9.17, 15) is 13.2 Å². The number of hydrogen-bond donors (Lipinski definition) is 0. The van der Waals surface area contributed by atoms with Gasteiger partial charge in [-0.05, 0) is 71.1 Å². The molecule has 3 aromatic rings. The Bertz CT molecular complexity index is 1290. The van der Waals surface area contributed by atoms with Crippen LogP contribution in [0.3, 0.4) is 0 Å². The highest BCUT2D eigenvalue weighted by molar-refractivity contribution is 7.89. The molecule has 188 valence electrons. The summed E-state index contributed by atoms with van der Waals surface area (Å²) in [5.74, 6) is 0.421. The fourth-order valence-electron chi connectivity index (χ4n) is 4.34. The van der Waals surface area contributed by atoms with Gasteiger partial charge in [-0.25, -0.2) is 13.4 Å². The second kappa shape index (κ2) is 10.6. The predicted octanol–water partition coefficient (Wildman–Crippen LogP) is 3.75. The minimum absolute atomic E-state index is 0.215. The summed E-state index contributed by atoms with van der Waals surface area (Å²) in [5.41, 5.74) is 1.69. The Hall–Kier alpha value is -2.53. The molecule has 0 aliphatic carbocycles. The number of carbonyl (C=O) groups is 1. The number of rotatable bonds is 9. The summed E-state index contributed by atoms with van der Waals surface area (Å²) in [6.07, 6.45) is 1.87. The van der Waals surface area contributed by atoms with Crippen molar-refractivity contribution in [1.82, 2.24) is 14.2 Å². The molecule has 2 heterocycles. The van der Waals surface area contributed by atoms with Crippen LogP contribution in [0.25, 0.3) is 10.2 Å². The van der Waals surface area contributed by atoms with Gasteiger partial charge < -0.3 is 9.64 Å². The first-order valence-electron chi connectivity index (χ1n) is 11.7. The second-order valence-electron chi connectivity index (χ2n) is 9.04. The quantitative estimate of drug-likeness (QED) is 0.431. The third-order valence-electron chi connectivity index (χ3n) is 6.19. The lowest BCUT2D eigenvalue weighted by Gasteiger charge is -2.29. The van der Waals surface area contributed by atoms with Gasteiger partial charge >= 0.3 is 0 Å². The molecule has 0 spiro atoms. The molecule has 0 radical (unpaired) electrons. The number of sulfonamides is 1. The third-order valence-corrected chi connectivity index (χ3v) is 9.16. The van der Waals surface area contributed by atoms with Crippen molar-refractivity contribution >= 4 is 42.6 Å². The van der Waals surface area contributed by atoms with Crippen molar-refractivity contribution in [3.8, 4) is 5.75 Å². The smallest absolute Gasteiger partial charge is 0.247 e. The number of amides is 1. The van der Waals surface area contributed by atoms with Gasteiger partial charge in [0, 0.05) is 13.1 Å². The zero-order valence-corrected chi connectivity index (χ0v) is 22.2. The molecule has 0 bridgehead atoms. The molecule has 1 atom stereocenters. The lowest BCUT2D eigenvalue weighted by molar-refractivity contribution is -0.121. The highest BCUT2D eigenvalue weighted by Gasteiger charge is 2.42. The highest BCUT2D eigenvalue weighted by Crippen LogP contribution is 2.36. The Morgan fingerprint density at radius 2 is 1.91 bits per heavy atom. The van der Waals surface area contributed by atoms with Crippen LogP contribution in [-0.4, -0.2) is 75.4 Å². The van der Waals surface area contributed by atoms with E-state index in [-0.39, 0.29) is 10.8 Å². The Kier molecular flexibility index (Phi) is 7.75. The maximum atomic E-state index is 13.9. The maximum absolute atomic E-state index is 13.9. The van der Waals surface area contributed by atoms with Gasteiger partial charge in [0.05, 0.1) is 16.7 Å². The van der Waals surface area contributed by atoms with Gasteiger partial charge in [0.1, 0.15) is 17.3 Å². The third kappa shape index (κ3) is 5.35. The molecule has 1 aliphatic rings. The number of hydrogen-bond acceptors (Lipinski definition) is 7. The van der Waals surface area contributed by atoms with Crippen LogP contribution >= 0.6 is 11.3 Å². The fraction of sp³-hybridized carbons (Fsp3) is 0.440. The lowest BCUT2D eigenvalue weighted by Crippen LogP contribution is -2.48. The number of methoxy groups -OCH3 is 1. The molecule has 1 aliphatic heterocycles. The van der Waals surface area contributed by atoms with Gasteiger partial charge in [0.2, 0.25) is 15.9 Å². The molecule has 1 saturated heterocycles. The molecule has 1 unspecified atom stereocenters. The Balaban J connectivity index is 1.67. The van der Waals surface area contributed by atoms with E-state index in [0.717, 1.165) is 23.2 Å². The fourth-order valence-corrected chi connectivity index (χ4v) is 7.00. The number of carbonyl (C=O) groups excluding carboxylic acids is 1. The minimum atomic E-state index is -3.79. The highest BCUT2D eigenvalue weighted by atomic mass is 32.2. The lowest BCUT2D eigenvalue weighted by atomic mass is 10.2. The molecule has 8 nitrogen and oxygen atoms in total. The molecule has 0 N–H and O–H groups in total.